The van der Waals surface area contributed by atoms with Gasteiger partial charge in [-0.2, -0.15) is 0 Å². The number of aliphatic carboxylic acids is 1. The molecule has 0 bridgehead atoms. The third-order valence-electron chi connectivity index (χ3n) is 2.97. The number of methoxy groups -OCH3 is 2. The van der Waals surface area contributed by atoms with Crippen molar-refractivity contribution in [3.8, 4) is 0 Å². The Balaban J connectivity index is 2.84. The molecule has 0 radical (unpaired) electrons. The second-order valence-corrected chi connectivity index (χ2v) is 3.85. The van der Waals surface area contributed by atoms with E-state index < -0.39 is 23.7 Å². The molecule has 0 unspecified atom stereocenters. The lowest BCUT2D eigenvalue weighted by molar-refractivity contribution is -0.212. The van der Waals surface area contributed by atoms with Crippen LogP contribution in [-0.4, -0.2) is 54.5 Å². The van der Waals surface area contributed by atoms with E-state index in [0.29, 0.717) is 19.4 Å². The van der Waals surface area contributed by atoms with Crippen LogP contribution in [0.2, 0.25) is 0 Å². The first kappa shape index (κ1) is 12.9. The zero-order valence-electron chi connectivity index (χ0n) is 9.73. The molecule has 1 fully saturated rings. The molecular formula is C10H17NO5. The lowest BCUT2D eigenvalue weighted by Gasteiger charge is -2.31. The molecule has 1 heterocycles. The number of carbonyl (C=O) groups is 2. The second kappa shape index (κ2) is 4.80. The van der Waals surface area contributed by atoms with Crippen LogP contribution in [0.25, 0.3) is 0 Å². The van der Waals surface area contributed by atoms with Gasteiger partial charge in [-0.1, -0.05) is 0 Å². The molecule has 92 valence electrons. The predicted molar refractivity (Wildman–Crippen MR) is 54.8 cm³/mol. The molecule has 1 saturated heterocycles. The van der Waals surface area contributed by atoms with Gasteiger partial charge in [0, 0.05) is 20.8 Å². The Morgan fingerprint density at radius 1 is 1.38 bits per heavy atom. The zero-order chi connectivity index (χ0) is 12.3. The summed E-state index contributed by atoms with van der Waals surface area (Å²) in [7, 11) is 2.71. The molecule has 16 heavy (non-hydrogen) atoms. The maximum atomic E-state index is 12.1. The zero-order valence-corrected chi connectivity index (χ0v) is 9.73. The minimum absolute atomic E-state index is 0.429. The highest BCUT2D eigenvalue weighted by atomic mass is 16.7. The van der Waals surface area contributed by atoms with Gasteiger partial charge in [-0.3, -0.25) is 4.79 Å². The van der Waals surface area contributed by atoms with Gasteiger partial charge in [-0.25, -0.2) is 4.79 Å². The molecule has 6 nitrogen and oxygen atoms in total. The summed E-state index contributed by atoms with van der Waals surface area (Å²) in [6, 6.07) is -0.767. The number of amides is 1. The average Bonchev–Trinajstić information content (AvgIpc) is 2.75. The van der Waals surface area contributed by atoms with E-state index in [1.165, 1.54) is 26.0 Å². The van der Waals surface area contributed by atoms with Crippen LogP contribution >= 0.6 is 0 Å². The molecule has 1 rings (SSSR count). The molecule has 0 aromatic rings. The molecule has 0 aromatic heterocycles. The summed E-state index contributed by atoms with van der Waals surface area (Å²) < 4.78 is 9.97. The molecule has 1 aliphatic heterocycles. The predicted octanol–water partition coefficient (Wildman–Crippen LogP) is 0.0710. The lowest BCUT2D eigenvalue weighted by Crippen LogP contribution is -2.52. The first-order chi connectivity index (χ1) is 7.46. The van der Waals surface area contributed by atoms with Crippen molar-refractivity contribution >= 4 is 11.9 Å². The molecular weight excluding hydrogens is 214 g/mol. The number of likely N-dealkylation sites (tertiary alicyclic amines) is 1. The highest BCUT2D eigenvalue weighted by molar-refractivity contribution is 5.88. The number of carboxylic acid groups (broad SMARTS) is 1. The Morgan fingerprint density at radius 2 is 1.94 bits per heavy atom. The van der Waals surface area contributed by atoms with Crippen molar-refractivity contribution in [3.05, 3.63) is 0 Å². The van der Waals surface area contributed by atoms with Crippen molar-refractivity contribution in [3.63, 3.8) is 0 Å². The van der Waals surface area contributed by atoms with Crippen LogP contribution in [0, 0.1) is 0 Å². The lowest BCUT2D eigenvalue weighted by atomic mass is 10.2. The number of rotatable bonds is 4. The number of nitrogens with zero attached hydrogens (tertiary/aromatic N) is 1. The van der Waals surface area contributed by atoms with Gasteiger partial charge >= 0.3 is 5.97 Å². The van der Waals surface area contributed by atoms with Gasteiger partial charge in [-0.05, 0) is 19.8 Å². The van der Waals surface area contributed by atoms with Gasteiger partial charge in [-0.15, -0.1) is 0 Å². The Kier molecular flexibility index (Phi) is 3.88. The van der Waals surface area contributed by atoms with E-state index in [0.717, 1.165) is 0 Å². The molecule has 1 amide bonds. The van der Waals surface area contributed by atoms with Crippen molar-refractivity contribution in [2.75, 3.05) is 20.8 Å². The Morgan fingerprint density at radius 3 is 2.38 bits per heavy atom. The summed E-state index contributed by atoms with van der Waals surface area (Å²) in [6.07, 6.45) is 1.16. The summed E-state index contributed by atoms with van der Waals surface area (Å²) in [5.74, 6) is -2.83. The highest BCUT2D eigenvalue weighted by Gasteiger charge is 2.43. The smallest absolute Gasteiger partial charge is 0.326 e. The minimum atomic E-state index is -1.40. The molecule has 6 heteroatoms. The minimum Gasteiger partial charge on any atom is -0.480 e. The van der Waals surface area contributed by atoms with Crippen LogP contribution in [0.3, 0.4) is 0 Å². The van der Waals surface area contributed by atoms with Crippen LogP contribution in [0.5, 0.6) is 0 Å². The summed E-state index contributed by atoms with van der Waals surface area (Å²) in [5.41, 5.74) is 0. The summed E-state index contributed by atoms with van der Waals surface area (Å²) in [6.45, 7) is 1.91. The molecule has 1 N–H and O–H groups in total. The van der Waals surface area contributed by atoms with Crippen molar-refractivity contribution < 1.29 is 24.2 Å². The highest BCUT2D eigenvalue weighted by Crippen LogP contribution is 2.23. The second-order valence-electron chi connectivity index (χ2n) is 3.85. The van der Waals surface area contributed by atoms with Crippen molar-refractivity contribution in [2.45, 2.75) is 31.6 Å². The van der Waals surface area contributed by atoms with Gasteiger partial charge < -0.3 is 19.5 Å². The van der Waals surface area contributed by atoms with Gasteiger partial charge in [0.05, 0.1) is 0 Å². The van der Waals surface area contributed by atoms with E-state index >= 15 is 0 Å². The van der Waals surface area contributed by atoms with Gasteiger partial charge in [0.1, 0.15) is 6.04 Å². The Labute approximate surface area is 94.1 Å². The Bertz CT molecular complexity index is 287. The maximum Gasteiger partial charge on any atom is 0.326 e. The largest absolute Gasteiger partial charge is 0.480 e. The van der Waals surface area contributed by atoms with Crippen LogP contribution < -0.4 is 0 Å². The van der Waals surface area contributed by atoms with E-state index in [1.54, 1.807) is 0 Å². The quantitative estimate of drug-likeness (QED) is 0.693. The monoisotopic (exact) mass is 231 g/mol. The Hall–Kier alpha value is -1.14. The van der Waals surface area contributed by atoms with Crippen LogP contribution in [0.15, 0.2) is 0 Å². The molecule has 0 spiro atoms. The van der Waals surface area contributed by atoms with E-state index in [9.17, 15) is 9.59 Å². The summed E-state index contributed by atoms with van der Waals surface area (Å²) >= 11 is 0. The fraction of sp³-hybridized carbons (Fsp3) is 0.800. The third-order valence-corrected chi connectivity index (χ3v) is 2.97. The van der Waals surface area contributed by atoms with Crippen molar-refractivity contribution in [2.24, 2.45) is 0 Å². The van der Waals surface area contributed by atoms with Crippen LogP contribution in [-0.2, 0) is 19.1 Å². The average molecular weight is 231 g/mol. The van der Waals surface area contributed by atoms with Gasteiger partial charge in [0.2, 0.25) is 5.79 Å². The number of carboxylic acids is 1. The molecule has 0 aromatic carbocycles. The van der Waals surface area contributed by atoms with E-state index in [1.807, 2.05) is 0 Å². The summed E-state index contributed by atoms with van der Waals surface area (Å²) in [4.78, 5) is 24.3. The number of carbonyl (C=O) groups excluding carboxylic acids is 1. The van der Waals surface area contributed by atoms with Crippen LogP contribution in [0.1, 0.15) is 19.8 Å². The first-order valence-electron chi connectivity index (χ1n) is 5.10. The molecule has 0 saturated carbocycles. The SMILES string of the molecule is COC(C)(OC)C(=O)N1CCC[C@H]1C(=O)O. The normalized spacial score (nSPS) is 21.2. The molecule has 1 atom stereocenters. The fourth-order valence-corrected chi connectivity index (χ4v) is 1.79. The summed E-state index contributed by atoms with van der Waals surface area (Å²) in [5, 5.41) is 8.97. The van der Waals surface area contributed by atoms with Crippen molar-refractivity contribution in [1.82, 2.24) is 4.90 Å². The third kappa shape index (κ3) is 2.17. The van der Waals surface area contributed by atoms with Gasteiger partial charge in [0.15, 0.2) is 0 Å². The first-order valence-corrected chi connectivity index (χ1v) is 5.10. The topological polar surface area (TPSA) is 76.1 Å². The standard InChI is InChI=1S/C10H17NO5/c1-10(15-2,16-3)9(14)11-6-4-5-7(11)8(12)13/h7H,4-6H2,1-3H3,(H,12,13)/t7-/m0/s1. The van der Waals surface area contributed by atoms with Gasteiger partial charge in [0.25, 0.3) is 5.91 Å². The van der Waals surface area contributed by atoms with Crippen molar-refractivity contribution in [1.29, 1.82) is 0 Å². The van der Waals surface area contributed by atoms with E-state index in [-0.39, 0.29) is 0 Å². The number of hydrogen-bond acceptors (Lipinski definition) is 4. The molecule has 0 aliphatic carbocycles. The van der Waals surface area contributed by atoms with E-state index in [4.69, 9.17) is 14.6 Å². The number of hydrogen-bond donors (Lipinski definition) is 1. The fourth-order valence-electron chi connectivity index (χ4n) is 1.79. The van der Waals surface area contributed by atoms with Crippen LogP contribution in [0.4, 0.5) is 0 Å². The molecule has 1 aliphatic rings. The maximum absolute atomic E-state index is 12.1. The van der Waals surface area contributed by atoms with E-state index in [2.05, 4.69) is 0 Å². The number of ether oxygens (including phenoxy) is 2.